The first-order valence-corrected chi connectivity index (χ1v) is 6.41. The SMILES string of the molecule is O=S(=O)(F)N1CCc2ccc(C(F)(F)F)cc2C1. The Hall–Kier alpha value is -1.15. The van der Waals surface area contributed by atoms with Gasteiger partial charge in [-0.2, -0.15) is 25.9 Å². The monoisotopic (exact) mass is 283 g/mol. The maximum atomic E-state index is 12.8. The van der Waals surface area contributed by atoms with Crippen molar-refractivity contribution in [3.63, 3.8) is 0 Å². The normalized spacial score (nSPS) is 17.6. The molecule has 1 aliphatic rings. The molecule has 1 heterocycles. The number of benzene rings is 1. The zero-order valence-electron chi connectivity index (χ0n) is 9.04. The van der Waals surface area contributed by atoms with Crippen LogP contribution in [0.2, 0.25) is 0 Å². The van der Waals surface area contributed by atoms with E-state index in [4.69, 9.17) is 0 Å². The van der Waals surface area contributed by atoms with Gasteiger partial charge >= 0.3 is 16.6 Å². The van der Waals surface area contributed by atoms with Crippen LogP contribution in [0.3, 0.4) is 0 Å². The molecule has 100 valence electrons. The minimum absolute atomic E-state index is 0.0583. The Morgan fingerprint density at radius 1 is 1.17 bits per heavy atom. The first-order chi connectivity index (χ1) is 8.18. The van der Waals surface area contributed by atoms with Crippen LogP contribution >= 0.6 is 0 Å². The van der Waals surface area contributed by atoms with Crippen LogP contribution in [0.4, 0.5) is 17.1 Å². The molecule has 1 aromatic carbocycles. The highest BCUT2D eigenvalue weighted by Crippen LogP contribution is 2.32. The van der Waals surface area contributed by atoms with E-state index in [2.05, 4.69) is 0 Å². The van der Waals surface area contributed by atoms with Gasteiger partial charge in [0.2, 0.25) is 0 Å². The van der Waals surface area contributed by atoms with Crippen molar-refractivity contribution in [1.29, 1.82) is 0 Å². The summed E-state index contributed by atoms with van der Waals surface area (Å²) in [5, 5.41) is 0. The van der Waals surface area contributed by atoms with Crippen LogP contribution in [0.1, 0.15) is 16.7 Å². The third-order valence-electron chi connectivity index (χ3n) is 2.82. The van der Waals surface area contributed by atoms with Crippen LogP contribution in [0.5, 0.6) is 0 Å². The summed E-state index contributed by atoms with van der Waals surface area (Å²) in [6.07, 6.45) is -4.29. The first-order valence-electron chi connectivity index (χ1n) is 5.06. The summed E-state index contributed by atoms with van der Waals surface area (Å²) in [4.78, 5) is 0. The third kappa shape index (κ3) is 2.64. The van der Waals surface area contributed by atoms with E-state index in [1.54, 1.807) is 0 Å². The van der Waals surface area contributed by atoms with Crippen molar-refractivity contribution in [2.24, 2.45) is 0 Å². The average Bonchev–Trinajstić information content (AvgIpc) is 2.25. The molecule has 0 fully saturated rings. The first kappa shape index (κ1) is 13.3. The van der Waals surface area contributed by atoms with E-state index < -0.39 is 22.1 Å². The molecule has 0 unspecified atom stereocenters. The average molecular weight is 283 g/mol. The van der Waals surface area contributed by atoms with Gasteiger partial charge in [-0.3, -0.25) is 0 Å². The predicted molar refractivity (Wildman–Crippen MR) is 55.6 cm³/mol. The van der Waals surface area contributed by atoms with Gasteiger partial charge in [0.25, 0.3) is 0 Å². The number of fused-ring (bicyclic) bond motifs is 1. The van der Waals surface area contributed by atoms with Gasteiger partial charge in [-0.05, 0) is 29.7 Å². The third-order valence-corrected chi connectivity index (χ3v) is 3.75. The molecular formula is C10H9F4NO2S. The Morgan fingerprint density at radius 3 is 2.39 bits per heavy atom. The number of hydrogen-bond donors (Lipinski definition) is 0. The number of hydrogen-bond acceptors (Lipinski definition) is 2. The van der Waals surface area contributed by atoms with Crippen molar-refractivity contribution in [2.45, 2.75) is 19.1 Å². The summed E-state index contributed by atoms with van der Waals surface area (Å²) in [5.41, 5.74) is -0.0560. The molecule has 0 aromatic heterocycles. The second kappa shape index (κ2) is 4.20. The predicted octanol–water partition coefficient (Wildman–Crippen LogP) is 2.28. The summed E-state index contributed by atoms with van der Waals surface area (Å²) >= 11 is 0. The zero-order valence-corrected chi connectivity index (χ0v) is 9.85. The maximum Gasteiger partial charge on any atom is 0.416 e. The molecular weight excluding hydrogens is 274 g/mol. The van der Waals surface area contributed by atoms with E-state index in [-0.39, 0.29) is 25.1 Å². The Labute approximate surface area is 101 Å². The molecule has 18 heavy (non-hydrogen) atoms. The van der Waals surface area contributed by atoms with Gasteiger partial charge in [0.15, 0.2) is 0 Å². The topological polar surface area (TPSA) is 37.4 Å². The summed E-state index contributed by atoms with van der Waals surface area (Å²) in [7, 11) is -4.86. The fourth-order valence-corrected chi connectivity index (χ4v) is 2.50. The molecule has 8 heteroatoms. The van der Waals surface area contributed by atoms with Crippen LogP contribution in [0.25, 0.3) is 0 Å². The molecule has 0 spiro atoms. The van der Waals surface area contributed by atoms with Gasteiger partial charge < -0.3 is 0 Å². The molecule has 0 atom stereocenters. The highest BCUT2D eigenvalue weighted by atomic mass is 32.3. The minimum Gasteiger partial charge on any atom is -0.177 e. The summed E-state index contributed by atoms with van der Waals surface area (Å²) in [5.74, 6) is 0. The van der Waals surface area contributed by atoms with E-state index in [1.165, 1.54) is 6.07 Å². The molecule has 0 saturated carbocycles. The minimum atomic E-state index is -4.86. The van der Waals surface area contributed by atoms with Gasteiger partial charge in [-0.25, -0.2) is 0 Å². The molecule has 0 bridgehead atoms. The Morgan fingerprint density at radius 2 is 1.83 bits per heavy atom. The van der Waals surface area contributed by atoms with Crippen molar-refractivity contribution in [3.8, 4) is 0 Å². The molecule has 0 aliphatic carbocycles. The lowest BCUT2D eigenvalue weighted by Crippen LogP contribution is -2.33. The second-order valence-corrected chi connectivity index (χ2v) is 5.35. The maximum absolute atomic E-state index is 12.8. The number of alkyl halides is 3. The molecule has 1 aliphatic heterocycles. The van der Waals surface area contributed by atoms with Crippen molar-refractivity contribution in [2.75, 3.05) is 6.54 Å². The van der Waals surface area contributed by atoms with Crippen molar-refractivity contribution in [3.05, 3.63) is 34.9 Å². The van der Waals surface area contributed by atoms with Gasteiger partial charge in [0.1, 0.15) is 0 Å². The standard InChI is InChI=1S/C10H9F4NO2S/c11-10(12,13)9-2-1-7-3-4-15(18(14,16)17)6-8(7)5-9/h1-2,5H,3-4,6H2. The molecule has 0 N–H and O–H groups in total. The van der Waals surface area contributed by atoms with Crippen LogP contribution < -0.4 is 0 Å². The molecule has 2 rings (SSSR count). The van der Waals surface area contributed by atoms with Gasteiger partial charge in [0.05, 0.1) is 5.56 Å². The van der Waals surface area contributed by atoms with Gasteiger partial charge in [0, 0.05) is 13.1 Å². The summed E-state index contributed by atoms with van der Waals surface area (Å²) in [6, 6.07) is 3.12. The van der Waals surface area contributed by atoms with Gasteiger partial charge in [-0.1, -0.05) is 9.95 Å². The quantitative estimate of drug-likeness (QED) is 0.585. The molecule has 1 aromatic rings. The van der Waals surface area contributed by atoms with E-state index in [9.17, 15) is 25.5 Å². The molecule has 0 amide bonds. The Kier molecular flexibility index (Phi) is 3.10. The Bertz CT molecular complexity index is 568. The lowest BCUT2D eigenvalue weighted by atomic mass is 9.98. The summed E-state index contributed by atoms with van der Waals surface area (Å²) in [6.45, 7) is -0.421. The molecule has 3 nitrogen and oxygen atoms in total. The van der Waals surface area contributed by atoms with Crippen LogP contribution in [0, 0.1) is 0 Å². The molecule has 0 saturated heterocycles. The lowest BCUT2D eigenvalue weighted by Gasteiger charge is -2.25. The largest absolute Gasteiger partial charge is 0.416 e. The van der Waals surface area contributed by atoms with Crippen LogP contribution in [-0.2, 0) is 29.6 Å². The lowest BCUT2D eigenvalue weighted by molar-refractivity contribution is -0.137. The van der Waals surface area contributed by atoms with Crippen LogP contribution in [0.15, 0.2) is 18.2 Å². The van der Waals surface area contributed by atoms with E-state index in [0.717, 1.165) is 12.1 Å². The number of rotatable bonds is 1. The summed E-state index contributed by atoms with van der Waals surface area (Å²) < 4.78 is 72.2. The van der Waals surface area contributed by atoms with E-state index in [1.807, 2.05) is 0 Å². The van der Waals surface area contributed by atoms with E-state index >= 15 is 0 Å². The van der Waals surface area contributed by atoms with Crippen molar-refractivity contribution in [1.82, 2.24) is 4.31 Å². The highest BCUT2D eigenvalue weighted by Gasteiger charge is 2.33. The Balaban J connectivity index is 2.36. The number of halogens is 4. The highest BCUT2D eigenvalue weighted by molar-refractivity contribution is 7.83. The van der Waals surface area contributed by atoms with E-state index in [0.29, 0.717) is 9.87 Å². The van der Waals surface area contributed by atoms with Crippen molar-refractivity contribution < 1.29 is 25.5 Å². The second-order valence-electron chi connectivity index (χ2n) is 4.01. The number of nitrogens with zero attached hydrogens (tertiary/aromatic N) is 1. The zero-order chi connectivity index (χ0) is 13.6. The fraction of sp³-hybridized carbons (Fsp3) is 0.400. The fourth-order valence-electron chi connectivity index (χ4n) is 1.89. The van der Waals surface area contributed by atoms with Crippen LogP contribution in [-0.4, -0.2) is 19.3 Å². The van der Waals surface area contributed by atoms with Gasteiger partial charge in [-0.15, -0.1) is 0 Å². The van der Waals surface area contributed by atoms with Crippen molar-refractivity contribution >= 4 is 10.4 Å². The molecule has 0 radical (unpaired) electrons. The smallest absolute Gasteiger partial charge is 0.177 e.